The number of hydrazine groups is 1. The number of fused-ring (bicyclic) bond motifs is 1. The van der Waals surface area contributed by atoms with Crippen LogP contribution in [0.3, 0.4) is 0 Å². The molecular weight excluding hydrogens is 410 g/mol. The molecule has 2 N–H and O–H groups in total. The van der Waals surface area contributed by atoms with Gasteiger partial charge in [0.25, 0.3) is 11.8 Å². The third kappa shape index (κ3) is 4.71. The normalized spacial score (nSPS) is 17.8. The number of halogens is 1. The number of amides is 2. The first kappa shape index (κ1) is 16.9. The quantitative estimate of drug-likeness (QED) is 0.558. The van der Waals surface area contributed by atoms with Crippen LogP contribution in [0, 0.1) is 24.9 Å². The van der Waals surface area contributed by atoms with Gasteiger partial charge in [-0.15, -0.1) is 0 Å². The molecule has 1 aliphatic rings. The van der Waals surface area contributed by atoms with Gasteiger partial charge in [-0.25, -0.2) is 9.40 Å². The predicted molar refractivity (Wildman–Crippen MR) is 122 cm³/mol. The van der Waals surface area contributed by atoms with E-state index in [0.29, 0.717) is 6.42 Å². The van der Waals surface area contributed by atoms with Crippen molar-refractivity contribution in [1.29, 1.82) is 0 Å². The highest BCUT2D eigenvalue weighted by atomic mass is 19.1. The van der Waals surface area contributed by atoms with E-state index in [0.717, 1.165) is 23.2 Å². The van der Waals surface area contributed by atoms with Gasteiger partial charge in [0.05, 0.1) is 18.2 Å². The number of benzene rings is 2. The Morgan fingerprint density at radius 3 is 2.50 bits per heavy atom. The number of carbonyl (C=O) groups is 2. The van der Waals surface area contributed by atoms with Gasteiger partial charge >= 0.3 is 7.12 Å². The molecule has 8 heteroatoms. The molecule has 2 aromatic carbocycles. The Bertz CT molecular complexity index is 1210. The molecule has 170 valence electrons. The third-order valence-corrected chi connectivity index (χ3v) is 5.49. The van der Waals surface area contributed by atoms with E-state index in [1.807, 2.05) is 20.8 Å². The van der Waals surface area contributed by atoms with E-state index in [9.17, 15) is 14.6 Å². The van der Waals surface area contributed by atoms with Crippen LogP contribution in [0.2, 0.25) is 0 Å². The standard InChI is InChI=1S/C24H30BFN2O4/c1-7-20(24(4,5)6)28(23(30)16-11-14(2)10-15(3)12-16)27-22(29)17-8-9-19-18(21(17)26)13-32-25(19)31/h8-12,20,31H,7,13H2,1-6H3,(H,27,29)/i2D3,3D3. The molecule has 0 spiro atoms. The van der Waals surface area contributed by atoms with Crippen molar-refractivity contribution >= 4 is 24.4 Å². The molecule has 1 aliphatic heterocycles. The van der Waals surface area contributed by atoms with Crippen LogP contribution < -0.4 is 10.9 Å². The van der Waals surface area contributed by atoms with Crippen molar-refractivity contribution < 1.29 is 31.9 Å². The summed E-state index contributed by atoms with van der Waals surface area (Å²) in [5, 5.41) is 10.8. The highest BCUT2D eigenvalue weighted by Gasteiger charge is 2.36. The van der Waals surface area contributed by atoms with Crippen molar-refractivity contribution in [3.63, 3.8) is 0 Å². The summed E-state index contributed by atoms with van der Waals surface area (Å²) in [7, 11) is -1.31. The second-order valence-electron chi connectivity index (χ2n) is 8.86. The lowest BCUT2D eigenvalue weighted by Gasteiger charge is -2.39. The van der Waals surface area contributed by atoms with Crippen LogP contribution in [0.5, 0.6) is 0 Å². The summed E-state index contributed by atoms with van der Waals surface area (Å²) in [6.45, 7) is 1.64. The molecule has 0 radical (unpaired) electrons. The smallest absolute Gasteiger partial charge is 0.423 e. The maximum atomic E-state index is 15.2. The minimum atomic E-state index is -2.70. The maximum Gasteiger partial charge on any atom is 0.491 e. The van der Waals surface area contributed by atoms with Crippen LogP contribution in [0.15, 0.2) is 30.3 Å². The average molecular weight is 446 g/mol. The van der Waals surface area contributed by atoms with Gasteiger partial charge in [-0.05, 0) is 49.2 Å². The van der Waals surface area contributed by atoms with Gasteiger partial charge < -0.3 is 9.68 Å². The van der Waals surface area contributed by atoms with Gasteiger partial charge in [0.15, 0.2) is 0 Å². The largest absolute Gasteiger partial charge is 0.491 e. The fourth-order valence-electron chi connectivity index (χ4n) is 3.95. The zero-order chi connectivity index (χ0) is 28.8. The molecule has 1 unspecified atom stereocenters. The van der Waals surface area contributed by atoms with Gasteiger partial charge in [-0.1, -0.05) is 51.0 Å². The van der Waals surface area contributed by atoms with Gasteiger partial charge in [0.1, 0.15) is 5.82 Å². The van der Waals surface area contributed by atoms with Crippen molar-refractivity contribution in [2.24, 2.45) is 5.41 Å². The van der Waals surface area contributed by atoms with E-state index in [4.69, 9.17) is 12.9 Å². The first-order valence-corrected chi connectivity index (χ1v) is 10.3. The number of rotatable bonds is 4. The van der Waals surface area contributed by atoms with E-state index in [1.54, 1.807) is 6.92 Å². The minimum Gasteiger partial charge on any atom is -0.423 e. The van der Waals surface area contributed by atoms with Crippen molar-refractivity contribution in [2.45, 2.75) is 60.5 Å². The molecule has 1 atom stereocenters. The number of aryl methyl sites for hydroxylation is 2. The summed E-state index contributed by atoms with van der Waals surface area (Å²) in [5.41, 5.74) is 0.782. The van der Waals surface area contributed by atoms with Gasteiger partial charge in [0.2, 0.25) is 0 Å². The van der Waals surface area contributed by atoms with Gasteiger partial charge in [0, 0.05) is 19.4 Å². The van der Waals surface area contributed by atoms with Crippen LogP contribution in [0.25, 0.3) is 0 Å². The van der Waals surface area contributed by atoms with Gasteiger partial charge in [-0.3, -0.25) is 15.0 Å². The second kappa shape index (κ2) is 9.04. The van der Waals surface area contributed by atoms with Crippen LogP contribution in [0.1, 0.15) is 79.7 Å². The van der Waals surface area contributed by atoms with E-state index in [2.05, 4.69) is 5.43 Å². The average Bonchev–Trinajstić information content (AvgIpc) is 3.17. The zero-order valence-electron chi connectivity index (χ0n) is 24.5. The summed E-state index contributed by atoms with van der Waals surface area (Å²) in [6, 6.07) is 5.05. The lowest BCUT2D eigenvalue weighted by Crippen LogP contribution is -2.56. The van der Waals surface area contributed by atoms with Crippen molar-refractivity contribution in [3.8, 4) is 0 Å². The van der Waals surface area contributed by atoms with Crippen LogP contribution in [-0.4, -0.2) is 35.0 Å². The number of nitrogens with zero attached hydrogens (tertiary/aromatic N) is 1. The summed E-state index contributed by atoms with van der Waals surface area (Å²) in [6.07, 6.45) is 0.354. The zero-order valence-corrected chi connectivity index (χ0v) is 18.5. The number of hydrogen-bond acceptors (Lipinski definition) is 4. The molecule has 0 bridgehead atoms. The Morgan fingerprint density at radius 1 is 1.28 bits per heavy atom. The monoisotopic (exact) mass is 446 g/mol. The molecule has 0 fully saturated rings. The third-order valence-electron chi connectivity index (χ3n) is 5.49. The number of nitrogens with one attached hydrogen (secondary N) is 1. The van der Waals surface area contributed by atoms with E-state index in [1.165, 1.54) is 12.1 Å². The molecule has 3 rings (SSSR count). The summed E-state index contributed by atoms with van der Waals surface area (Å²) < 4.78 is 66.7. The molecule has 6 nitrogen and oxygen atoms in total. The highest BCUT2D eigenvalue weighted by Crippen LogP contribution is 2.28. The highest BCUT2D eigenvalue weighted by molar-refractivity contribution is 6.61. The molecule has 2 aromatic rings. The Balaban J connectivity index is 2.10. The fourth-order valence-corrected chi connectivity index (χ4v) is 3.95. The molecule has 1 heterocycles. The fraction of sp³-hybridized carbons (Fsp3) is 0.417. The molecule has 32 heavy (non-hydrogen) atoms. The van der Waals surface area contributed by atoms with Crippen LogP contribution >= 0.6 is 0 Å². The molecule has 2 amide bonds. The van der Waals surface area contributed by atoms with Crippen molar-refractivity contribution in [1.82, 2.24) is 10.4 Å². The van der Waals surface area contributed by atoms with Crippen LogP contribution in [-0.2, 0) is 11.3 Å². The number of hydrogen-bond donors (Lipinski definition) is 2. The first-order valence-electron chi connectivity index (χ1n) is 13.3. The van der Waals surface area contributed by atoms with Crippen molar-refractivity contribution in [2.75, 3.05) is 0 Å². The summed E-state index contributed by atoms with van der Waals surface area (Å²) >= 11 is 0. The van der Waals surface area contributed by atoms with Gasteiger partial charge in [-0.2, -0.15) is 0 Å². The Morgan fingerprint density at radius 2 is 1.94 bits per heavy atom. The lowest BCUT2D eigenvalue weighted by molar-refractivity contribution is 0.0283. The summed E-state index contributed by atoms with van der Waals surface area (Å²) in [5.74, 6) is -2.70. The topological polar surface area (TPSA) is 78.9 Å². The lowest BCUT2D eigenvalue weighted by atomic mass is 9.79. The van der Waals surface area contributed by atoms with E-state index >= 15 is 4.39 Å². The molecule has 0 aromatic heterocycles. The SMILES string of the molecule is [2H]C([2H])([2H])c1cc(C(=O)N(NC(=O)c2ccc3c(c2F)COB3O)C(CC)C(C)(C)C)cc(C([2H])([2H])[2H])c1. The number of carbonyl (C=O) groups excluding carboxylic acids is 2. The Hall–Kier alpha value is -2.71. The molecular formula is C24H30BFN2O4. The van der Waals surface area contributed by atoms with Crippen LogP contribution in [0.4, 0.5) is 4.39 Å². The predicted octanol–water partition coefficient (Wildman–Crippen LogP) is 3.27. The second-order valence-corrected chi connectivity index (χ2v) is 8.86. The minimum absolute atomic E-state index is 0.0265. The first-order chi connectivity index (χ1) is 17.4. The summed E-state index contributed by atoms with van der Waals surface area (Å²) in [4.78, 5) is 27.1. The Kier molecular flexibility index (Phi) is 4.76. The van der Waals surface area contributed by atoms with E-state index in [-0.39, 0.29) is 39.9 Å². The molecule has 0 saturated carbocycles. The maximum absolute atomic E-state index is 15.2. The molecule has 0 saturated heterocycles. The Labute approximate surface area is 197 Å². The molecule has 0 aliphatic carbocycles. The van der Waals surface area contributed by atoms with Crippen molar-refractivity contribution in [3.05, 3.63) is 64.0 Å². The van der Waals surface area contributed by atoms with E-state index < -0.39 is 49.9 Å².